The summed E-state index contributed by atoms with van der Waals surface area (Å²) in [6, 6.07) is 6.34. The molecule has 1 aromatic rings. The number of nitrogens with zero attached hydrogens (tertiary/aromatic N) is 3. The summed E-state index contributed by atoms with van der Waals surface area (Å²) >= 11 is 0. The molecule has 0 bridgehead atoms. The summed E-state index contributed by atoms with van der Waals surface area (Å²) in [5, 5.41) is 3.22. The van der Waals surface area contributed by atoms with Gasteiger partial charge in [-0.3, -0.25) is 9.88 Å². The number of hydrogen-bond donors (Lipinski definition) is 1. The average Bonchev–Trinajstić information content (AvgIpc) is 2.56. The highest BCUT2D eigenvalue weighted by Crippen LogP contribution is 2.21. The first-order chi connectivity index (χ1) is 11.9. The monoisotopic (exact) mass is 346 g/mol. The Morgan fingerprint density at radius 3 is 2.76 bits per heavy atom. The summed E-state index contributed by atoms with van der Waals surface area (Å²) in [5.41, 5.74) is 0.829. The number of nitrogens with one attached hydrogen (secondary N) is 1. The lowest BCUT2D eigenvalue weighted by Crippen LogP contribution is -2.58. The van der Waals surface area contributed by atoms with Gasteiger partial charge in [-0.2, -0.15) is 0 Å². The van der Waals surface area contributed by atoms with Crippen molar-refractivity contribution in [1.82, 2.24) is 20.1 Å². The van der Waals surface area contributed by atoms with Crippen LogP contribution in [0, 0.1) is 0 Å². The number of carbonyl (C=O) groups is 1. The molecule has 2 fully saturated rings. The normalized spacial score (nSPS) is 24.9. The summed E-state index contributed by atoms with van der Waals surface area (Å²) in [7, 11) is 0. The van der Waals surface area contributed by atoms with Crippen molar-refractivity contribution < 1.29 is 9.53 Å². The third-order valence-electron chi connectivity index (χ3n) is 4.88. The predicted molar refractivity (Wildman–Crippen MR) is 97.3 cm³/mol. The van der Waals surface area contributed by atoms with Crippen molar-refractivity contribution in [1.29, 1.82) is 0 Å². The molecule has 1 unspecified atom stereocenters. The van der Waals surface area contributed by atoms with Gasteiger partial charge in [-0.25, -0.2) is 4.79 Å². The number of amides is 2. The third-order valence-corrected chi connectivity index (χ3v) is 4.88. The minimum atomic E-state index is -0.277. The largest absolute Gasteiger partial charge is 0.369 e. The second-order valence-corrected chi connectivity index (χ2v) is 7.89. The molecule has 2 aliphatic heterocycles. The van der Waals surface area contributed by atoms with Crippen LogP contribution in [0.1, 0.15) is 39.3 Å². The van der Waals surface area contributed by atoms with E-state index in [-0.39, 0.29) is 23.8 Å². The van der Waals surface area contributed by atoms with Crippen molar-refractivity contribution >= 4 is 6.03 Å². The standard InChI is InChI=1S/C19H30N4O2/c1-15-12-23(14-19(2,3)25-15)18(24)21-16-7-10-22(11-8-16)13-17-6-4-5-9-20-17/h4-6,9,15-16H,7-8,10-14H2,1-3H3,(H,21,24). The van der Waals surface area contributed by atoms with Crippen LogP contribution in [0.5, 0.6) is 0 Å². The van der Waals surface area contributed by atoms with Gasteiger partial charge in [0.05, 0.1) is 23.9 Å². The molecular weight excluding hydrogens is 316 g/mol. The Labute approximate surface area is 150 Å². The number of rotatable bonds is 3. The van der Waals surface area contributed by atoms with Crippen LogP contribution in [-0.4, -0.2) is 64.7 Å². The smallest absolute Gasteiger partial charge is 0.317 e. The van der Waals surface area contributed by atoms with Crippen molar-refractivity contribution in [2.75, 3.05) is 26.2 Å². The van der Waals surface area contributed by atoms with E-state index < -0.39 is 0 Å². The summed E-state index contributed by atoms with van der Waals surface area (Å²) < 4.78 is 5.88. The van der Waals surface area contributed by atoms with Crippen molar-refractivity contribution in [2.45, 2.75) is 57.9 Å². The first-order valence-corrected chi connectivity index (χ1v) is 9.27. The topological polar surface area (TPSA) is 57.7 Å². The third kappa shape index (κ3) is 5.16. The van der Waals surface area contributed by atoms with Gasteiger partial charge in [0.2, 0.25) is 0 Å². The van der Waals surface area contributed by atoms with E-state index in [0.29, 0.717) is 13.1 Å². The van der Waals surface area contributed by atoms with E-state index in [4.69, 9.17) is 4.74 Å². The molecule has 0 spiro atoms. The zero-order valence-corrected chi connectivity index (χ0v) is 15.6. The molecule has 2 aliphatic rings. The number of pyridine rings is 1. The molecule has 25 heavy (non-hydrogen) atoms. The first kappa shape index (κ1) is 18.1. The van der Waals surface area contributed by atoms with Gasteiger partial charge in [-0.05, 0) is 45.7 Å². The second-order valence-electron chi connectivity index (χ2n) is 7.89. The van der Waals surface area contributed by atoms with E-state index in [1.165, 1.54) is 0 Å². The van der Waals surface area contributed by atoms with Crippen molar-refractivity contribution in [3.05, 3.63) is 30.1 Å². The number of morpholine rings is 1. The van der Waals surface area contributed by atoms with E-state index in [9.17, 15) is 4.79 Å². The fourth-order valence-electron chi connectivity index (χ4n) is 3.83. The van der Waals surface area contributed by atoms with Crippen LogP contribution in [0.25, 0.3) is 0 Å². The maximum absolute atomic E-state index is 12.6. The van der Waals surface area contributed by atoms with Crippen molar-refractivity contribution in [2.24, 2.45) is 0 Å². The number of carbonyl (C=O) groups excluding carboxylic acids is 1. The number of ether oxygens (including phenoxy) is 1. The van der Waals surface area contributed by atoms with Gasteiger partial charge < -0.3 is 15.0 Å². The highest BCUT2D eigenvalue weighted by Gasteiger charge is 2.34. The number of likely N-dealkylation sites (tertiary alicyclic amines) is 1. The summed E-state index contributed by atoms with van der Waals surface area (Å²) in [6.45, 7) is 10.3. The number of hydrogen-bond acceptors (Lipinski definition) is 4. The van der Waals surface area contributed by atoms with E-state index in [1.54, 1.807) is 0 Å². The van der Waals surface area contributed by atoms with Crippen molar-refractivity contribution in [3.8, 4) is 0 Å². The Balaban J connectivity index is 1.45. The summed E-state index contributed by atoms with van der Waals surface area (Å²) in [4.78, 5) is 21.3. The molecule has 3 rings (SSSR count). The van der Waals surface area contributed by atoms with Crippen LogP contribution in [0.15, 0.2) is 24.4 Å². The molecule has 0 aliphatic carbocycles. The van der Waals surface area contributed by atoms with Crippen molar-refractivity contribution in [3.63, 3.8) is 0 Å². The Morgan fingerprint density at radius 1 is 1.36 bits per heavy atom. The quantitative estimate of drug-likeness (QED) is 0.912. The highest BCUT2D eigenvalue weighted by molar-refractivity contribution is 5.74. The zero-order valence-electron chi connectivity index (χ0n) is 15.6. The Bertz CT molecular complexity index is 570. The predicted octanol–water partition coefficient (Wildman–Crippen LogP) is 2.25. The molecule has 1 atom stereocenters. The van der Waals surface area contributed by atoms with Crippen LogP contribution < -0.4 is 5.32 Å². The van der Waals surface area contributed by atoms with Gasteiger partial charge in [0.25, 0.3) is 0 Å². The van der Waals surface area contributed by atoms with Gasteiger partial charge >= 0.3 is 6.03 Å². The van der Waals surface area contributed by atoms with Crippen LogP contribution in [0.3, 0.4) is 0 Å². The number of piperidine rings is 1. The molecule has 3 heterocycles. The van der Waals surface area contributed by atoms with Gasteiger partial charge in [0.15, 0.2) is 0 Å². The maximum atomic E-state index is 12.6. The summed E-state index contributed by atoms with van der Waals surface area (Å²) in [6.07, 6.45) is 3.89. The highest BCUT2D eigenvalue weighted by atomic mass is 16.5. The van der Waals surface area contributed by atoms with Gasteiger partial charge in [-0.1, -0.05) is 6.07 Å². The van der Waals surface area contributed by atoms with Gasteiger partial charge in [-0.15, -0.1) is 0 Å². The van der Waals surface area contributed by atoms with Crippen LogP contribution >= 0.6 is 0 Å². The van der Waals surface area contributed by atoms with Gasteiger partial charge in [0, 0.05) is 38.4 Å². The van der Waals surface area contributed by atoms with E-state index in [1.807, 2.05) is 44.0 Å². The lowest BCUT2D eigenvalue weighted by atomic mass is 10.0. The molecule has 0 radical (unpaired) electrons. The first-order valence-electron chi connectivity index (χ1n) is 9.27. The fraction of sp³-hybridized carbons (Fsp3) is 0.684. The van der Waals surface area contributed by atoms with Crippen LogP contribution in [-0.2, 0) is 11.3 Å². The van der Waals surface area contributed by atoms with E-state index in [2.05, 4.69) is 21.3 Å². The van der Waals surface area contributed by atoms with Gasteiger partial charge in [0.1, 0.15) is 0 Å². The maximum Gasteiger partial charge on any atom is 0.317 e. The SMILES string of the molecule is CC1CN(C(=O)NC2CCN(Cc3ccccn3)CC2)CC(C)(C)O1. The molecule has 0 aromatic carbocycles. The molecule has 0 saturated carbocycles. The lowest BCUT2D eigenvalue weighted by Gasteiger charge is -2.42. The summed E-state index contributed by atoms with van der Waals surface area (Å²) in [5.74, 6) is 0. The number of aromatic nitrogens is 1. The molecule has 2 amide bonds. The van der Waals surface area contributed by atoms with Crippen LogP contribution in [0.2, 0.25) is 0 Å². The molecule has 6 nitrogen and oxygen atoms in total. The Kier molecular flexibility index (Phi) is 5.59. The second kappa shape index (κ2) is 7.70. The Morgan fingerprint density at radius 2 is 2.12 bits per heavy atom. The molecule has 2 saturated heterocycles. The minimum Gasteiger partial charge on any atom is -0.369 e. The lowest BCUT2D eigenvalue weighted by molar-refractivity contribution is -0.117. The minimum absolute atomic E-state index is 0.0476. The fourth-order valence-corrected chi connectivity index (χ4v) is 3.83. The molecule has 6 heteroatoms. The molecular formula is C19H30N4O2. The molecule has 138 valence electrons. The molecule has 1 aromatic heterocycles. The van der Waals surface area contributed by atoms with E-state index >= 15 is 0 Å². The molecule has 1 N–H and O–H groups in total. The van der Waals surface area contributed by atoms with Crippen LogP contribution in [0.4, 0.5) is 4.79 Å². The average molecular weight is 346 g/mol. The van der Waals surface area contributed by atoms with E-state index in [0.717, 1.165) is 38.2 Å². The zero-order chi connectivity index (χ0) is 17.9. The Hall–Kier alpha value is -1.66. The number of urea groups is 1.